The normalized spacial score (nSPS) is 17.2. The van der Waals surface area contributed by atoms with Gasteiger partial charge in [0.2, 0.25) is 0 Å². The van der Waals surface area contributed by atoms with E-state index in [9.17, 15) is 4.79 Å². The van der Waals surface area contributed by atoms with E-state index in [0.29, 0.717) is 12.4 Å². The molecule has 1 saturated heterocycles. The fourth-order valence-electron chi connectivity index (χ4n) is 1.71. The summed E-state index contributed by atoms with van der Waals surface area (Å²) in [5, 5.41) is 8.76. The Morgan fingerprint density at radius 2 is 2.06 bits per heavy atom. The first-order valence-corrected chi connectivity index (χ1v) is 5.69. The van der Waals surface area contributed by atoms with Crippen LogP contribution in [0.2, 0.25) is 0 Å². The monoisotopic (exact) mass is 236 g/mol. The molecule has 1 aromatic rings. The summed E-state index contributed by atoms with van der Waals surface area (Å²) in [5.74, 6) is -0.219. The highest BCUT2D eigenvalue weighted by Crippen LogP contribution is 2.31. The number of carbonyl (C=O) groups is 1. The van der Waals surface area contributed by atoms with Crippen LogP contribution >= 0.6 is 0 Å². The first kappa shape index (κ1) is 11.9. The molecule has 4 heteroatoms. The first-order valence-electron chi connectivity index (χ1n) is 5.69. The minimum Gasteiger partial charge on any atom is -0.493 e. The van der Waals surface area contributed by atoms with E-state index >= 15 is 0 Å². The molecular weight excluding hydrogens is 220 g/mol. The third-order valence-corrected chi connectivity index (χ3v) is 3.21. The molecule has 1 aliphatic heterocycles. The number of benzene rings is 1. The highest BCUT2D eigenvalue weighted by molar-refractivity contribution is 5.87. The Labute approximate surface area is 100 Å². The maximum atomic E-state index is 10.7. The van der Waals surface area contributed by atoms with Gasteiger partial charge in [-0.2, -0.15) is 0 Å². The molecule has 92 valence electrons. The van der Waals surface area contributed by atoms with Crippen LogP contribution in [0.5, 0.6) is 5.75 Å². The van der Waals surface area contributed by atoms with Crippen LogP contribution in [0.15, 0.2) is 24.3 Å². The Morgan fingerprint density at radius 3 is 2.47 bits per heavy atom. The van der Waals surface area contributed by atoms with E-state index in [1.54, 1.807) is 24.3 Å². The standard InChI is InChI=1S/C13H16O4/c1-2-13(7-16-8-13)9-17-11-5-3-10(4-6-11)12(14)15/h3-6H,2,7-9H2,1H3,(H,14,15). The lowest BCUT2D eigenvalue weighted by atomic mass is 9.84. The van der Waals surface area contributed by atoms with Crippen LogP contribution in [0.25, 0.3) is 0 Å². The predicted octanol–water partition coefficient (Wildman–Crippen LogP) is 2.19. The Hall–Kier alpha value is -1.55. The first-order chi connectivity index (χ1) is 8.15. The van der Waals surface area contributed by atoms with E-state index in [2.05, 4.69) is 6.92 Å². The Balaban J connectivity index is 1.93. The topological polar surface area (TPSA) is 55.8 Å². The van der Waals surface area contributed by atoms with Gasteiger partial charge in [-0.15, -0.1) is 0 Å². The molecular formula is C13H16O4. The zero-order valence-electron chi connectivity index (χ0n) is 9.81. The van der Waals surface area contributed by atoms with E-state index in [1.807, 2.05) is 0 Å². The van der Waals surface area contributed by atoms with Crippen molar-refractivity contribution in [2.45, 2.75) is 13.3 Å². The molecule has 0 radical (unpaired) electrons. The van der Waals surface area contributed by atoms with Crippen molar-refractivity contribution in [2.75, 3.05) is 19.8 Å². The fourth-order valence-corrected chi connectivity index (χ4v) is 1.71. The van der Waals surface area contributed by atoms with Gasteiger partial charge >= 0.3 is 5.97 Å². The summed E-state index contributed by atoms with van der Waals surface area (Å²) in [5.41, 5.74) is 0.417. The summed E-state index contributed by atoms with van der Waals surface area (Å²) in [7, 11) is 0. The third-order valence-electron chi connectivity index (χ3n) is 3.21. The number of rotatable bonds is 5. The molecule has 1 aromatic carbocycles. The van der Waals surface area contributed by atoms with Gasteiger partial charge in [-0.05, 0) is 30.7 Å². The van der Waals surface area contributed by atoms with Crippen molar-refractivity contribution in [2.24, 2.45) is 5.41 Å². The van der Waals surface area contributed by atoms with Gasteiger partial charge in [0, 0.05) is 0 Å². The second-order valence-corrected chi connectivity index (χ2v) is 4.46. The van der Waals surface area contributed by atoms with Crippen molar-refractivity contribution in [3.05, 3.63) is 29.8 Å². The molecule has 1 fully saturated rings. The van der Waals surface area contributed by atoms with Gasteiger partial charge in [0.25, 0.3) is 0 Å². The number of ether oxygens (including phenoxy) is 2. The molecule has 4 nitrogen and oxygen atoms in total. The summed E-state index contributed by atoms with van der Waals surface area (Å²) in [6.07, 6.45) is 1.03. The molecule has 0 spiro atoms. The van der Waals surface area contributed by atoms with Gasteiger partial charge in [-0.25, -0.2) is 4.79 Å². The van der Waals surface area contributed by atoms with Gasteiger partial charge in [0.15, 0.2) is 0 Å². The molecule has 17 heavy (non-hydrogen) atoms. The number of carboxylic acid groups (broad SMARTS) is 1. The van der Waals surface area contributed by atoms with E-state index < -0.39 is 5.97 Å². The van der Waals surface area contributed by atoms with Gasteiger partial charge < -0.3 is 14.6 Å². The molecule has 1 heterocycles. The lowest BCUT2D eigenvalue weighted by Gasteiger charge is -2.40. The summed E-state index contributed by atoms with van der Waals surface area (Å²) in [4.78, 5) is 10.7. The molecule has 0 unspecified atom stereocenters. The Bertz CT molecular complexity index is 387. The van der Waals surface area contributed by atoms with Gasteiger partial charge in [-0.3, -0.25) is 0 Å². The predicted molar refractivity (Wildman–Crippen MR) is 62.4 cm³/mol. The van der Waals surface area contributed by atoms with Crippen molar-refractivity contribution in [3.8, 4) is 5.75 Å². The van der Waals surface area contributed by atoms with Crippen LogP contribution in [-0.4, -0.2) is 30.9 Å². The van der Waals surface area contributed by atoms with Gasteiger partial charge in [0.05, 0.1) is 30.8 Å². The van der Waals surface area contributed by atoms with Crippen LogP contribution in [0, 0.1) is 5.41 Å². The molecule has 1 N–H and O–H groups in total. The highest BCUT2D eigenvalue weighted by atomic mass is 16.5. The maximum absolute atomic E-state index is 10.7. The van der Waals surface area contributed by atoms with E-state index in [1.165, 1.54) is 0 Å². The Kier molecular flexibility index (Phi) is 3.33. The third kappa shape index (κ3) is 2.58. The van der Waals surface area contributed by atoms with Crippen molar-refractivity contribution < 1.29 is 19.4 Å². The van der Waals surface area contributed by atoms with Crippen LogP contribution in [0.1, 0.15) is 23.7 Å². The molecule has 1 aliphatic rings. The zero-order chi connectivity index (χ0) is 12.3. The van der Waals surface area contributed by atoms with Crippen LogP contribution < -0.4 is 4.74 Å². The molecule has 0 amide bonds. The van der Waals surface area contributed by atoms with Gasteiger partial charge in [-0.1, -0.05) is 6.92 Å². The second kappa shape index (κ2) is 4.75. The van der Waals surface area contributed by atoms with E-state index in [-0.39, 0.29) is 11.0 Å². The summed E-state index contributed by atoms with van der Waals surface area (Å²) >= 11 is 0. The average Bonchev–Trinajstić information content (AvgIpc) is 2.29. The molecule has 0 aromatic heterocycles. The minimum absolute atomic E-state index is 0.144. The largest absolute Gasteiger partial charge is 0.493 e. The van der Waals surface area contributed by atoms with Crippen molar-refractivity contribution in [3.63, 3.8) is 0 Å². The average molecular weight is 236 g/mol. The number of hydrogen-bond acceptors (Lipinski definition) is 3. The lowest BCUT2D eigenvalue weighted by molar-refractivity contribution is -0.133. The fraction of sp³-hybridized carbons (Fsp3) is 0.462. The summed E-state index contributed by atoms with van der Waals surface area (Å²) in [6, 6.07) is 6.47. The van der Waals surface area contributed by atoms with Crippen LogP contribution in [-0.2, 0) is 4.74 Å². The Morgan fingerprint density at radius 1 is 1.41 bits per heavy atom. The maximum Gasteiger partial charge on any atom is 0.335 e. The van der Waals surface area contributed by atoms with Crippen molar-refractivity contribution in [1.29, 1.82) is 0 Å². The second-order valence-electron chi connectivity index (χ2n) is 4.46. The minimum atomic E-state index is -0.922. The molecule has 0 bridgehead atoms. The van der Waals surface area contributed by atoms with Crippen LogP contribution in [0.3, 0.4) is 0 Å². The number of hydrogen-bond donors (Lipinski definition) is 1. The summed E-state index contributed by atoms with van der Waals surface area (Å²) in [6.45, 7) is 4.24. The van der Waals surface area contributed by atoms with Crippen molar-refractivity contribution >= 4 is 5.97 Å². The number of carboxylic acids is 1. The smallest absolute Gasteiger partial charge is 0.335 e. The zero-order valence-corrected chi connectivity index (χ0v) is 9.81. The highest BCUT2D eigenvalue weighted by Gasteiger charge is 2.37. The molecule has 0 aliphatic carbocycles. The van der Waals surface area contributed by atoms with Gasteiger partial charge in [0.1, 0.15) is 5.75 Å². The SMILES string of the molecule is CCC1(COc2ccc(C(=O)O)cc2)COC1. The number of aromatic carboxylic acids is 1. The summed E-state index contributed by atoms with van der Waals surface area (Å²) < 4.78 is 10.9. The van der Waals surface area contributed by atoms with Crippen LogP contribution in [0.4, 0.5) is 0 Å². The van der Waals surface area contributed by atoms with E-state index in [4.69, 9.17) is 14.6 Å². The molecule has 0 atom stereocenters. The lowest BCUT2D eigenvalue weighted by Crippen LogP contribution is -2.46. The molecule has 0 saturated carbocycles. The van der Waals surface area contributed by atoms with E-state index in [0.717, 1.165) is 19.6 Å². The molecule has 2 rings (SSSR count). The van der Waals surface area contributed by atoms with Crippen molar-refractivity contribution in [1.82, 2.24) is 0 Å². The quantitative estimate of drug-likeness (QED) is 0.851.